The van der Waals surface area contributed by atoms with Crippen LogP contribution in [0.3, 0.4) is 0 Å². The first-order chi connectivity index (χ1) is 12.3. The highest BCUT2D eigenvalue weighted by Crippen LogP contribution is 2.20. The van der Waals surface area contributed by atoms with Gasteiger partial charge >= 0.3 is 0 Å². The quantitative estimate of drug-likeness (QED) is 0.222. The van der Waals surface area contributed by atoms with Crippen LogP contribution in [-0.4, -0.2) is 43.3 Å². The number of aryl methyl sites for hydroxylation is 1. The van der Waals surface area contributed by atoms with Gasteiger partial charge in [0, 0.05) is 43.7 Å². The number of aliphatic imine (C=N–C) groups is 1. The van der Waals surface area contributed by atoms with Gasteiger partial charge in [0.15, 0.2) is 5.96 Å². The highest BCUT2D eigenvalue weighted by molar-refractivity contribution is 14.0. The minimum absolute atomic E-state index is 0. The van der Waals surface area contributed by atoms with E-state index >= 15 is 0 Å². The second-order valence-corrected chi connectivity index (χ2v) is 7.70. The third kappa shape index (κ3) is 9.50. The molecule has 1 aliphatic carbocycles. The van der Waals surface area contributed by atoms with Gasteiger partial charge < -0.3 is 15.4 Å². The van der Waals surface area contributed by atoms with Gasteiger partial charge in [-0.05, 0) is 32.6 Å². The van der Waals surface area contributed by atoms with E-state index in [1.165, 1.54) is 42.0 Å². The molecule has 150 valence electrons. The Kier molecular flexibility index (Phi) is 13.3. The number of guanidine groups is 1. The second-order valence-electron chi connectivity index (χ2n) is 6.50. The van der Waals surface area contributed by atoms with Gasteiger partial charge in [-0.3, -0.25) is 4.99 Å². The lowest BCUT2D eigenvalue weighted by molar-refractivity contribution is 0.0281. The maximum Gasteiger partial charge on any atom is 0.191 e. The Bertz CT molecular complexity index is 503. The molecule has 26 heavy (non-hydrogen) atoms. The van der Waals surface area contributed by atoms with E-state index in [0.717, 1.165) is 51.5 Å². The van der Waals surface area contributed by atoms with Gasteiger partial charge in [-0.1, -0.05) is 26.2 Å². The van der Waals surface area contributed by atoms with E-state index in [9.17, 15) is 0 Å². The fourth-order valence-electron chi connectivity index (χ4n) is 2.99. The topological polar surface area (TPSA) is 58.5 Å². The van der Waals surface area contributed by atoms with E-state index in [1.807, 2.05) is 17.5 Å². The van der Waals surface area contributed by atoms with Crippen LogP contribution in [0, 0.1) is 0 Å². The van der Waals surface area contributed by atoms with Crippen molar-refractivity contribution in [1.29, 1.82) is 0 Å². The van der Waals surface area contributed by atoms with Crippen molar-refractivity contribution in [3.8, 4) is 0 Å². The first-order valence-corrected chi connectivity index (χ1v) is 10.7. The van der Waals surface area contributed by atoms with Crippen molar-refractivity contribution in [3.05, 3.63) is 16.1 Å². The Morgan fingerprint density at radius 2 is 2.08 bits per heavy atom. The Labute approximate surface area is 179 Å². The van der Waals surface area contributed by atoms with Crippen LogP contribution in [0.1, 0.15) is 62.3 Å². The summed E-state index contributed by atoms with van der Waals surface area (Å²) in [4.78, 5) is 10.5. The molecule has 0 bridgehead atoms. The van der Waals surface area contributed by atoms with Crippen LogP contribution in [0.4, 0.5) is 0 Å². The van der Waals surface area contributed by atoms with E-state index in [0.29, 0.717) is 6.10 Å². The normalized spacial score (nSPS) is 15.5. The van der Waals surface area contributed by atoms with Crippen molar-refractivity contribution in [2.45, 2.75) is 71.3 Å². The number of halogens is 1. The Balaban J connectivity index is 0.00000338. The monoisotopic (exact) mass is 494 g/mol. The minimum Gasteiger partial charge on any atom is -0.378 e. The Morgan fingerprint density at radius 1 is 1.27 bits per heavy atom. The van der Waals surface area contributed by atoms with Gasteiger partial charge in [0.25, 0.3) is 0 Å². The first kappa shape index (κ1) is 23.6. The third-order valence-electron chi connectivity index (χ3n) is 4.40. The number of nitrogens with one attached hydrogen (secondary N) is 2. The van der Waals surface area contributed by atoms with Crippen LogP contribution in [-0.2, 0) is 17.6 Å². The number of aromatic nitrogens is 1. The Morgan fingerprint density at radius 3 is 2.77 bits per heavy atom. The largest absolute Gasteiger partial charge is 0.378 e. The number of nitrogens with zero attached hydrogens (tertiary/aromatic N) is 2. The van der Waals surface area contributed by atoms with Crippen molar-refractivity contribution in [1.82, 2.24) is 15.6 Å². The number of hydrogen-bond donors (Lipinski definition) is 2. The van der Waals surface area contributed by atoms with Gasteiger partial charge in [-0.2, -0.15) is 0 Å². The van der Waals surface area contributed by atoms with Crippen molar-refractivity contribution in [3.63, 3.8) is 0 Å². The van der Waals surface area contributed by atoms with E-state index in [-0.39, 0.29) is 24.0 Å². The highest BCUT2D eigenvalue weighted by Gasteiger charge is 2.12. The van der Waals surface area contributed by atoms with Gasteiger partial charge in [-0.15, -0.1) is 35.3 Å². The first-order valence-electron chi connectivity index (χ1n) is 9.89. The SMILES string of the molecule is CCNC(=NCCCOC1CCCCC1)NCCc1ncc(CC)s1.I. The Hall–Kier alpha value is -0.410. The van der Waals surface area contributed by atoms with Crippen LogP contribution < -0.4 is 10.6 Å². The lowest BCUT2D eigenvalue weighted by Gasteiger charge is -2.21. The average molecular weight is 494 g/mol. The van der Waals surface area contributed by atoms with Crippen molar-refractivity contribution < 1.29 is 4.74 Å². The second kappa shape index (κ2) is 14.6. The summed E-state index contributed by atoms with van der Waals surface area (Å²) in [6.45, 7) is 7.63. The fraction of sp³-hybridized carbons (Fsp3) is 0.789. The van der Waals surface area contributed by atoms with Crippen LogP contribution >= 0.6 is 35.3 Å². The summed E-state index contributed by atoms with van der Waals surface area (Å²) < 4.78 is 5.96. The van der Waals surface area contributed by atoms with Crippen LogP contribution in [0.2, 0.25) is 0 Å². The number of hydrogen-bond acceptors (Lipinski definition) is 4. The molecule has 0 amide bonds. The van der Waals surface area contributed by atoms with Gasteiger partial charge in [-0.25, -0.2) is 4.98 Å². The molecular formula is C19H35IN4OS. The lowest BCUT2D eigenvalue weighted by Crippen LogP contribution is -2.38. The molecule has 0 atom stereocenters. The summed E-state index contributed by atoms with van der Waals surface area (Å²) in [6, 6.07) is 0. The van der Waals surface area contributed by atoms with E-state index < -0.39 is 0 Å². The van der Waals surface area contributed by atoms with Crippen LogP contribution in [0.15, 0.2) is 11.2 Å². The third-order valence-corrected chi connectivity index (χ3v) is 5.60. The summed E-state index contributed by atoms with van der Waals surface area (Å²) in [7, 11) is 0. The molecule has 0 radical (unpaired) electrons. The predicted octanol–water partition coefficient (Wildman–Crippen LogP) is 4.16. The van der Waals surface area contributed by atoms with Gasteiger partial charge in [0.1, 0.15) is 0 Å². The number of ether oxygens (including phenoxy) is 1. The molecule has 7 heteroatoms. The molecule has 1 aromatic heterocycles. The maximum absolute atomic E-state index is 5.96. The summed E-state index contributed by atoms with van der Waals surface area (Å²) in [5, 5.41) is 7.90. The average Bonchev–Trinajstić information content (AvgIpc) is 3.10. The molecule has 2 N–H and O–H groups in total. The lowest BCUT2D eigenvalue weighted by atomic mass is 9.98. The van der Waals surface area contributed by atoms with E-state index in [2.05, 4.69) is 34.5 Å². The number of rotatable bonds is 10. The molecule has 0 unspecified atom stereocenters. The zero-order valence-electron chi connectivity index (χ0n) is 16.3. The molecule has 1 heterocycles. The van der Waals surface area contributed by atoms with Crippen LogP contribution in [0.25, 0.3) is 0 Å². The smallest absolute Gasteiger partial charge is 0.191 e. The molecule has 1 saturated carbocycles. The molecule has 0 aromatic carbocycles. The summed E-state index contributed by atoms with van der Waals surface area (Å²) in [5.41, 5.74) is 0. The summed E-state index contributed by atoms with van der Waals surface area (Å²) in [5.74, 6) is 0.896. The molecule has 1 aliphatic rings. The molecule has 0 saturated heterocycles. The van der Waals surface area contributed by atoms with E-state index in [4.69, 9.17) is 4.74 Å². The molecule has 5 nitrogen and oxygen atoms in total. The minimum atomic E-state index is 0. The number of thiazole rings is 1. The predicted molar refractivity (Wildman–Crippen MR) is 122 cm³/mol. The standard InChI is InChI=1S/C19H34N4OS.HI/c1-3-17-15-23-18(25-17)11-13-22-19(20-4-2)21-12-8-14-24-16-9-6-5-7-10-16;/h15-16H,3-14H2,1-2H3,(H2,20,21,22);1H. The molecule has 0 spiro atoms. The van der Waals surface area contributed by atoms with Crippen molar-refractivity contribution >= 4 is 41.3 Å². The summed E-state index contributed by atoms with van der Waals surface area (Å²) >= 11 is 1.81. The molecule has 0 aliphatic heterocycles. The van der Waals surface area contributed by atoms with Crippen molar-refractivity contribution in [2.24, 2.45) is 4.99 Å². The van der Waals surface area contributed by atoms with Gasteiger partial charge in [0.2, 0.25) is 0 Å². The zero-order chi connectivity index (χ0) is 17.7. The maximum atomic E-state index is 5.96. The highest BCUT2D eigenvalue weighted by atomic mass is 127. The molecule has 1 fully saturated rings. The molecule has 1 aromatic rings. The summed E-state index contributed by atoms with van der Waals surface area (Å²) in [6.07, 6.45) is 12.0. The zero-order valence-corrected chi connectivity index (χ0v) is 19.4. The van der Waals surface area contributed by atoms with E-state index in [1.54, 1.807) is 0 Å². The van der Waals surface area contributed by atoms with Gasteiger partial charge in [0.05, 0.1) is 11.1 Å². The molecule has 2 rings (SSSR count). The fourth-order valence-corrected chi connectivity index (χ4v) is 3.86. The van der Waals surface area contributed by atoms with Crippen molar-refractivity contribution in [2.75, 3.05) is 26.2 Å². The van der Waals surface area contributed by atoms with Crippen LogP contribution in [0.5, 0.6) is 0 Å². The molecular weight excluding hydrogens is 459 g/mol.